The molecule has 4 nitrogen and oxygen atoms in total. The van der Waals surface area contributed by atoms with Crippen LogP contribution in [0.15, 0.2) is 0 Å². The number of nitrogens with two attached hydrogens (primary N) is 1. The monoisotopic (exact) mass is 264 g/mol. The summed E-state index contributed by atoms with van der Waals surface area (Å²) >= 11 is 0. The molecule has 108 valence electrons. The molecule has 0 atom stereocenters. The first kappa shape index (κ1) is 15.9. The van der Waals surface area contributed by atoms with Crippen molar-refractivity contribution >= 4 is 5.82 Å². The lowest BCUT2D eigenvalue weighted by molar-refractivity contribution is 0.611. The summed E-state index contributed by atoms with van der Waals surface area (Å²) in [4.78, 5) is 2.33. The maximum atomic E-state index is 5.92. The Morgan fingerprint density at radius 2 is 1.84 bits per heavy atom. The van der Waals surface area contributed by atoms with Gasteiger partial charge in [-0.2, -0.15) is 5.10 Å². The van der Waals surface area contributed by atoms with Crippen molar-refractivity contribution in [2.24, 2.45) is 5.73 Å². The minimum Gasteiger partial charge on any atom is -0.352 e. The number of rotatable bonds is 7. The first-order valence-electron chi connectivity index (χ1n) is 7.32. The van der Waals surface area contributed by atoms with Crippen molar-refractivity contribution in [3.8, 4) is 0 Å². The fourth-order valence-corrected chi connectivity index (χ4v) is 2.26. The van der Waals surface area contributed by atoms with E-state index in [1.807, 2.05) is 6.92 Å². The quantitative estimate of drug-likeness (QED) is 0.769. The molecule has 19 heavy (non-hydrogen) atoms. The van der Waals surface area contributed by atoms with E-state index in [9.17, 15) is 0 Å². The molecule has 0 radical (unpaired) electrons. The molecule has 0 spiro atoms. The Bertz CT molecular complexity index is 401. The fourth-order valence-electron chi connectivity index (χ4n) is 2.26. The molecule has 0 bridgehead atoms. The molecule has 0 aliphatic rings. The Balaban J connectivity index is 3.05. The SMILES string of the molecule is CCCCCN(c1nnc(C)c(C)c1CN)C(C)C. The van der Waals surface area contributed by atoms with Gasteiger partial charge in [-0.25, -0.2) is 0 Å². The van der Waals surface area contributed by atoms with Crippen molar-refractivity contribution in [3.05, 3.63) is 16.8 Å². The summed E-state index contributed by atoms with van der Waals surface area (Å²) in [5, 5.41) is 8.68. The Hall–Kier alpha value is -1.16. The summed E-state index contributed by atoms with van der Waals surface area (Å²) in [6.45, 7) is 12.2. The molecule has 0 amide bonds. The highest BCUT2D eigenvalue weighted by Crippen LogP contribution is 2.23. The van der Waals surface area contributed by atoms with Crippen LogP contribution in [0, 0.1) is 13.8 Å². The number of anilines is 1. The second kappa shape index (κ2) is 7.43. The molecule has 0 saturated heterocycles. The zero-order valence-electron chi connectivity index (χ0n) is 13.0. The van der Waals surface area contributed by atoms with E-state index >= 15 is 0 Å². The van der Waals surface area contributed by atoms with Crippen molar-refractivity contribution in [2.45, 2.75) is 66.5 Å². The molecular weight excluding hydrogens is 236 g/mol. The normalized spacial score (nSPS) is 11.1. The largest absolute Gasteiger partial charge is 0.352 e. The van der Waals surface area contributed by atoms with E-state index in [4.69, 9.17) is 5.73 Å². The van der Waals surface area contributed by atoms with Crippen molar-refractivity contribution in [1.82, 2.24) is 10.2 Å². The highest BCUT2D eigenvalue weighted by Gasteiger charge is 2.18. The molecule has 2 N–H and O–H groups in total. The molecule has 1 aromatic heterocycles. The zero-order chi connectivity index (χ0) is 14.4. The third-order valence-electron chi connectivity index (χ3n) is 3.66. The topological polar surface area (TPSA) is 55.0 Å². The van der Waals surface area contributed by atoms with E-state index in [1.54, 1.807) is 0 Å². The van der Waals surface area contributed by atoms with Crippen LogP contribution in [0.4, 0.5) is 5.82 Å². The van der Waals surface area contributed by atoms with Gasteiger partial charge in [-0.05, 0) is 39.7 Å². The van der Waals surface area contributed by atoms with E-state index < -0.39 is 0 Å². The van der Waals surface area contributed by atoms with Crippen molar-refractivity contribution < 1.29 is 0 Å². The van der Waals surface area contributed by atoms with Gasteiger partial charge in [0, 0.05) is 24.7 Å². The van der Waals surface area contributed by atoms with E-state index in [0.29, 0.717) is 12.6 Å². The van der Waals surface area contributed by atoms with Crippen molar-refractivity contribution in [3.63, 3.8) is 0 Å². The molecule has 0 unspecified atom stereocenters. The fraction of sp³-hybridized carbons (Fsp3) is 0.733. The molecule has 1 heterocycles. The lowest BCUT2D eigenvalue weighted by atomic mass is 10.1. The van der Waals surface area contributed by atoms with Gasteiger partial charge < -0.3 is 10.6 Å². The number of aromatic nitrogens is 2. The summed E-state index contributed by atoms with van der Waals surface area (Å²) in [6.07, 6.45) is 3.67. The summed E-state index contributed by atoms with van der Waals surface area (Å²) in [5.41, 5.74) is 9.20. The minimum absolute atomic E-state index is 0.415. The smallest absolute Gasteiger partial charge is 0.156 e. The molecule has 4 heteroatoms. The van der Waals surface area contributed by atoms with Gasteiger partial charge in [0.2, 0.25) is 0 Å². The average Bonchev–Trinajstić information content (AvgIpc) is 2.38. The van der Waals surface area contributed by atoms with Gasteiger partial charge >= 0.3 is 0 Å². The molecule has 1 rings (SSSR count). The van der Waals surface area contributed by atoms with E-state index in [1.165, 1.54) is 24.8 Å². The van der Waals surface area contributed by atoms with Crippen LogP contribution in [0.3, 0.4) is 0 Å². The van der Waals surface area contributed by atoms with Crippen LogP contribution < -0.4 is 10.6 Å². The van der Waals surface area contributed by atoms with Gasteiger partial charge in [0.15, 0.2) is 5.82 Å². The highest BCUT2D eigenvalue weighted by atomic mass is 15.3. The maximum Gasteiger partial charge on any atom is 0.156 e. The van der Waals surface area contributed by atoms with Gasteiger partial charge in [0.25, 0.3) is 0 Å². The van der Waals surface area contributed by atoms with Gasteiger partial charge in [-0.1, -0.05) is 19.8 Å². The summed E-state index contributed by atoms with van der Waals surface area (Å²) in [7, 11) is 0. The van der Waals surface area contributed by atoms with Crippen molar-refractivity contribution in [1.29, 1.82) is 0 Å². The Morgan fingerprint density at radius 1 is 1.16 bits per heavy atom. The predicted molar refractivity (Wildman–Crippen MR) is 81.4 cm³/mol. The van der Waals surface area contributed by atoms with Crippen LogP contribution in [0.1, 0.15) is 56.9 Å². The summed E-state index contributed by atoms with van der Waals surface area (Å²) in [5.74, 6) is 0.969. The number of unbranched alkanes of at least 4 members (excludes halogenated alkanes) is 2. The minimum atomic E-state index is 0.415. The summed E-state index contributed by atoms with van der Waals surface area (Å²) < 4.78 is 0. The van der Waals surface area contributed by atoms with Crippen LogP contribution >= 0.6 is 0 Å². The van der Waals surface area contributed by atoms with Crippen LogP contribution in [-0.2, 0) is 6.54 Å². The van der Waals surface area contributed by atoms with Gasteiger partial charge in [-0.3, -0.25) is 0 Å². The number of aryl methyl sites for hydroxylation is 1. The van der Waals surface area contributed by atoms with Crippen LogP contribution in [0.2, 0.25) is 0 Å². The third-order valence-corrected chi connectivity index (χ3v) is 3.66. The molecule has 1 aromatic rings. The predicted octanol–water partition coefficient (Wildman–Crippen LogP) is 2.96. The van der Waals surface area contributed by atoms with E-state index in [-0.39, 0.29) is 0 Å². The Morgan fingerprint density at radius 3 is 2.37 bits per heavy atom. The molecule has 0 saturated carbocycles. The standard InChI is InChI=1S/C15H28N4/c1-6-7-8-9-19(11(2)3)15-14(10-16)12(4)13(5)17-18-15/h11H,6-10,16H2,1-5H3. The first-order chi connectivity index (χ1) is 9.02. The lowest BCUT2D eigenvalue weighted by Gasteiger charge is -2.30. The van der Waals surface area contributed by atoms with E-state index in [2.05, 4.69) is 42.8 Å². The van der Waals surface area contributed by atoms with Crippen molar-refractivity contribution in [2.75, 3.05) is 11.4 Å². The van der Waals surface area contributed by atoms with Gasteiger partial charge in [-0.15, -0.1) is 5.10 Å². The molecular formula is C15H28N4. The average molecular weight is 264 g/mol. The molecule has 0 aromatic carbocycles. The number of hydrogen-bond donors (Lipinski definition) is 1. The van der Waals surface area contributed by atoms with Crippen LogP contribution in [0.5, 0.6) is 0 Å². The third kappa shape index (κ3) is 3.90. The number of nitrogens with zero attached hydrogens (tertiary/aromatic N) is 3. The van der Waals surface area contributed by atoms with Gasteiger partial charge in [0.1, 0.15) is 0 Å². The van der Waals surface area contributed by atoms with Crippen LogP contribution in [-0.4, -0.2) is 22.8 Å². The Kier molecular flexibility index (Phi) is 6.22. The first-order valence-corrected chi connectivity index (χ1v) is 7.32. The zero-order valence-corrected chi connectivity index (χ0v) is 13.0. The molecule has 0 aliphatic carbocycles. The maximum absolute atomic E-state index is 5.92. The highest BCUT2D eigenvalue weighted by molar-refractivity contribution is 5.51. The number of hydrogen-bond acceptors (Lipinski definition) is 4. The molecule has 0 fully saturated rings. The van der Waals surface area contributed by atoms with Gasteiger partial charge in [0.05, 0.1) is 5.69 Å². The lowest BCUT2D eigenvalue weighted by Crippen LogP contribution is -2.34. The van der Waals surface area contributed by atoms with E-state index in [0.717, 1.165) is 23.6 Å². The summed E-state index contributed by atoms with van der Waals surface area (Å²) in [6, 6.07) is 0.415. The second-order valence-electron chi connectivity index (χ2n) is 5.41. The Labute approximate surface area is 117 Å². The molecule has 0 aliphatic heterocycles. The second-order valence-corrected chi connectivity index (χ2v) is 5.41. The van der Waals surface area contributed by atoms with Crippen LogP contribution in [0.25, 0.3) is 0 Å².